The first-order valence-electron chi connectivity index (χ1n) is 13.7. The first-order valence-corrected chi connectivity index (χ1v) is 13.7. The van der Waals surface area contributed by atoms with E-state index < -0.39 is 60.2 Å². The number of aromatic amines is 2. The molecular weight excluding hydrogens is 574 g/mol. The molecule has 0 bridgehead atoms. The molecule has 0 aliphatic carbocycles. The first kappa shape index (κ1) is 33.1. The highest BCUT2D eigenvalue weighted by molar-refractivity contribution is 5.95. The van der Waals surface area contributed by atoms with Crippen LogP contribution in [0.5, 0.6) is 0 Å². The third kappa shape index (κ3) is 9.83. The Bertz CT molecular complexity index is 1480. The number of imidazole rings is 1. The van der Waals surface area contributed by atoms with E-state index in [2.05, 4.69) is 35.9 Å². The third-order valence-electron chi connectivity index (χ3n) is 6.66. The molecule has 14 N–H and O–H groups in total. The van der Waals surface area contributed by atoms with Crippen LogP contribution in [-0.2, 0) is 36.8 Å². The molecule has 4 amide bonds. The molecule has 0 saturated carbocycles. The summed E-state index contributed by atoms with van der Waals surface area (Å²) in [5.41, 5.74) is 24.0. The smallest absolute Gasteiger partial charge is 0.326 e. The summed E-state index contributed by atoms with van der Waals surface area (Å²) in [5, 5.41) is 17.8. The molecule has 0 fully saturated rings. The highest BCUT2D eigenvalue weighted by atomic mass is 16.4. The Hall–Kier alpha value is -5.45. The first-order chi connectivity index (χ1) is 20.9. The fourth-order valence-corrected chi connectivity index (χ4v) is 4.45. The number of carbonyl (C=O) groups is 5. The van der Waals surface area contributed by atoms with E-state index in [0.29, 0.717) is 11.3 Å². The number of nitrogens with two attached hydrogens (primary N) is 4. The quantitative estimate of drug-likeness (QED) is 0.0433. The topological polar surface area (TPSA) is 303 Å². The Labute approximate surface area is 251 Å². The molecule has 1 aromatic carbocycles. The summed E-state index contributed by atoms with van der Waals surface area (Å²) in [6.07, 6.45) is 4.39. The molecule has 236 valence electrons. The van der Waals surface area contributed by atoms with Crippen LogP contribution in [0.4, 0.5) is 0 Å². The van der Waals surface area contributed by atoms with Crippen LogP contribution in [0, 0.1) is 0 Å². The van der Waals surface area contributed by atoms with E-state index in [-0.39, 0.29) is 38.2 Å². The van der Waals surface area contributed by atoms with E-state index in [1.54, 1.807) is 12.3 Å². The number of fused-ring (bicyclic) bond motifs is 1. The molecular formula is C27H37N11O6. The van der Waals surface area contributed by atoms with Gasteiger partial charge in [-0.2, -0.15) is 0 Å². The van der Waals surface area contributed by atoms with Crippen LogP contribution in [0.2, 0.25) is 0 Å². The van der Waals surface area contributed by atoms with E-state index in [1.165, 1.54) is 12.5 Å². The van der Waals surface area contributed by atoms with E-state index in [4.69, 9.17) is 22.9 Å². The monoisotopic (exact) mass is 611 g/mol. The molecule has 0 radical (unpaired) electrons. The Kier molecular flexibility index (Phi) is 11.8. The average molecular weight is 612 g/mol. The normalized spacial score (nSPS) is 13.7. The number of H-pyrrole nitrogens is 2. The van der Waals surface area contributed by atoms with Crippen molar-refractivity contribution >= 4 is 46.5 Å². The van der Waals surface area contributed by atoms with Crippen molar-refractivity contribution in [3.05, 3.63) is 54.2 Å². The molecule has 2 aromatic heterocycles. The van der Waals surface area contributed by atoms with Crippen molar-refractivity contribution in [3.8, 4) is 0 Å². The minimum absolute atomic E-state index is 0.0570. The number of nitrogens with one attached hydrogen (secondary N) is 5. The number of hydrogen-bond acceptors (Lipinski definition) is 8. The van der Waals surface area contributed by atoms with Gasteiger partial charge in [0.15, 0.2) is 5.96 Å². The Morgan fingerprint density at radius 1 is 0.909 bits per heavy atom. The predicted molar refractivity (Wildman–Crippen MR) is 159 cm³/mol. The number of aliphatic imine (C=N–C) groups is 1. The van der Waals surface area contributed by atoms with E-state index >= 15 is 0 Å². The Balaban J connectivity index is 1.84. The molecule has 2 heterocycles. The van der Waals surface area contributed by atoms with Gasteiger partial charge in [-0.3, -0.25) is 24.2 Å². The minimum atomic E-state index is -1.63. The van der Waals surface area contributed by atoms with Gasteiger partial charge >= 0.3 is 5.97 Å². The summed E-state index contributed by atoms with van der Waals surface area (Å²) >= 11 is 0. The van der Waals surface area contributed by atoms with E-state index in [1.807, 2.05) is 18.2 Å². The number of nitrogens with zero attached hydrogens (tertiary/aromatic N) is 2. The number of carboxylic acid groups (broad SMARTS) is 1. The number of hydrogen-bond donors (Lipinski definition) is 10. The second kappa shape index (κ2) is 15.7. The summed E-state index contributed by atoms with van der Waals surface area (Å²) < 4.78 is 0. The minimum Gasteiger partial charge on any atom is -0.480 e. The lowest BCUT2D eigenvalue weighted by Gasteiger charge is -2.25. The molecule has 0 aliphatic rings. The second-order valence-corrected chi connectivity index (χ2v) is 10.1. The zero-order valence-electron chi connectivity index (χ0n) is 23.8. The standard InChI is InChI=1S/C27H37N11O6/c28-17(9-15-12-32-13-35-15)23(40)36-19(6-3-7-33-27(30)31)24(41)37-20(25(42)38-21(26(43)44)10-22(29)39)8-14-11-34-18-5-2-1-4-16(14)18/h1-2,4-5,11-13,17,19-21,34H,3,6-10,28H2,(H2,29,39)(H,32,35)(H,36,40)(H,37,41)(H,38,42)(H,43,44)(H4,30,31,33). The zero-order chi connectivity index (χ0) is 32.2. The molecule has 0 saturated heterocycles. The van der Waals surface area contributed by atoms with Gasteiger partial charge in [-0.05, 0) is 24.5 Å². The van der Waals surface area contributed by atoms with Gasteiger partial charge in [-0.1, -0.05) is 18.2 Å². The van der Waals surface area contributed by atoms with Gasteiger partial charge < -0.3 is 54.0 Å². The molecule has 4 unspecified atom stereocenters. The molecule has 17 nitrogen and oxygen atoms in total. The molecule has 0 spiro atoms. The molecule has 17 heteroatoms. The maximum absolute atomic E-state index is 13.6. The lowest BCUT2D eigenvalue weighted by atomic mass is 10.0. The predicted octanol–water partition coefficient (Wildman–Crippen LogP) is -2.53. The van der Waals surface area contributed by atoms with Crippen molar-refractivity contribution in [2.75, 3.05) is 6.54 Å². The lowest BCUT2D eigenvalue weighted by molar-refractivity contribution is -0.143. The van der Waals surface area contributed by atoms with Crippen LogP contribution in [0.25, 0.3) is 10.9 Å². The van der Waals surface area contributed by atoms with Crippen molar-refractivity contribution < 1.29 is 29.1 Å². The molecule has 3 aromatic rings. The van der Waals surface area contributed by atoms with Gasteiger partial charge in [0, 0.05) is 48.4 Å². The maximum Gasteiger partial charge on any atom is 0.326 e. The SMILES string of the molecule is NC(=O)CC(NC(=O)C(Cc1c[nH]c2ccccc12)NC(=O)C(CCCN=C(N)N)NC(=O)C(N)Cc1cnc[nH]1)C(=O)O. The van der Waals surface area contributed by atoms with Gasteiger partial charge in [0.05, 0.1) is 18.8 Å². The van der Waals surface area contributed by atoms with E-state index in [0.717, 1.165) is 10.9 Å². The van der Waals surface area contributed by atoms with Crippen molar-refractivity contribution in [3.63, 3.8) is 0 Å². The number of benzene rings is 1. The van der Waals surface area contributed by atoms with Gasteiger partial charge in [-0.15, -0.1) is 0 Å². The molecule has 4 atom stereocenters. The van der Waals surface area contributed by atoms with Crippen LogP contribution in [0.15, 0.2) is 48.0 Å². The third-order valence-corrected chi connectivity index (χ3v) is 6.66. The second-order valence-electron chi connectivity index (χ2n) is 10.1. The number of guanidine groups is 1. The summed E-state index contributed by atoms with van der Waals surface area (Å²) in [6.45, 7) is 0.162. The molecule has 44 heavy (non-hydrogen) atoms. The van der Waals surface area contributed by atoms with Gasteiger partial charge in [0.1, 0.15) is 18.1 Å². The zero-order valence-corrected chi connectivity index (χ0v) is 23.8. The van der Waals surface area contributed by atoms with Crippen molar-refractivity contribution in [1.29, 1.82) is 0 Å². The largest absolute Gasteiger partial charge is 0.480 e. The van der Waals surface area contributed by atoms with Crippen molar-refractivity contribution in [1.82, 2.24) is 30.9 Å². The lowest BCUT2D eigenvalue weighted by Crippen LogP contribution is -2.58. The Morgan fingerprint density at radius 2 is 1.59 bits per heavy atom. The Morgan fingerprint density at radius 3 is 2.25 bits per heavy atom. The highest BCUT2D eigenvalue weighted by Gasteiger charge is 2.31. The highest BCUT2D eigenvalue weighted by Crippen LogP contribution is 2.19. The van der Waals surface area contributed by atoms with Crippen LogP contribution in [0.3, 0.4) is 0 Å². The molecule has 3 rings (SSSR count). The van der Waals surface area contributed by atoms with Gasteiger partial charge in [-0.25, -0.2) is 9.78 Å². The molecule has 0 aliphatic heterocycles. The summed E-state index contributed by atoms with van der Waals surface area (Å²) in [6, 6.07) is 2.14. The van der Waals surface area contributed by atoms with E-state index in [9.17, 15) is 29.1 Å². The summed E-state index contributed by atoms with van der Waals surface area (Å²) in [4.78, 5) is 76.8. The van der Waals surface area contributed by atoms with Crippen LogP contribution >= 0.6 is 0 Å². The summed E-state index contributed by atoms with van der Waals surface area (Å²) in [5.74, 6) is -4.81. The fourth-order valence-electron chi connectivity index (χ4n) is 4.45. The van der Waals surface area contributed by atoms with Gasteiger partial charge in [0.25, 0.3) is 0 Å². The number of rotatable bonds is 17. The summed E-state index contributed by atoms with van der Waals surface area (Å²) in [7, 11) is 0. The number of primary amides is 1. The van der Waals surface area contributed by atoms with Crippen molar-refractivity contribution in [2.24, 2.45) is 27.9 Å². The number of aromatic nitrogens is 3. The number of aliphatic carboxylic acids is 1. The number of amides is 4. The fraction of sp³-hybridized carbons (Fsp3) is 0.370. The number of para-hydroxylation sites is 1. The van der Waals surface area contributed by atoms with Crippen LogP contribution < -0.4 is 38.9 Å². The average Bonchev–Trinajstić information content (AvgIpc) is 3.63. The van der Waals surface area contributed by atoms with Crippen LogP contribution in [0.1, 0.15) is 30.5 Å². The van der Waals surface area contributed by atoms with Crippen LogP contribution in [-0.4, -0.2) is 86.3 Å². The number of carboxylic acids is 1. The maximum atomic E-state index is 13.6. The van der Waals surface area contributed by atoms with Crippen molar-refractivity contribution in [2.45, 2.75) is 56.3 Å². The number of carbonyl (C=O) groups excluding carboxylic acids is 4. The van der Waals surface area contributed by atoms with Gasteiger partial charge in [0.2, 0.25) is 23.6 Å².